The number of rotatable bonds is 6. The molecule has 0 saturated heterocycles. The molecule has 1 atom stereocenters. The highest BCUT2D eigenvalue weighted by molar-refractivity contribution is 8.00. The van der Waals surface area contributed by atoms with Crippen molar-refractivity contribution in [2.75, 3.05) is 9.80 Å². The van der Waals surface area contributed by atoms with Crippen LogP contribution in [0.4, 0.5) is 10.8 Å². The zero-order valence-corrected chi connectivity index (χ0v) is 27.7. The number of fused-ring (bicyclic) bond motifs is 5. The fourth-order valence-electron chi connectivity index (χ4n) is 6.33. The molecule has 0 fully saturated rings. The van der Waals surface area contributed by atoms with Crippen LogP contribution < -0.4 is 15.2 Å². The van der Waals surface area contributed by atoms with Gasteiger partial charge in [0.2, 0.25) is 10.9 Å². The Labute approximate surface area is 286 Å². The summed E-state index contributed by atoms with van der Waals surface area (Å²) in [6.45, 7) is 2.10. The smallest absolute Gasteiger partial charge is 0.297 e. The van der Waals surface area contributed by atoms with Gasteiger partial charge in [0.1, 0.15) is 5.58 Å². The van der Waals surface area contributed by atoms with Crippen molar-refractivity contribution in [2.45, 2.75) is 29.1 Å². The van der Waals surface area contributed by atoms with E-state index >= 15 is 4.79 Å². The van der Waals surface area contributed by atoms with E-state index in [-0.39, 0.29) is 34.0 Å². The predicted molar refractivity (Wildman–Crippen MR) is 185 cm³/mol. The summed E-state index contributed by atoms with van der Waals surface area (Å²) < 4.78 is 6.75. The SMILES string of the molecule is Cc1ccc2oc3c(c(=O)c2c1)C1(C(=O)N(Cc2ccccc2)c2ccccc21)N(c1nnc(SCc2ccc(Cl)cc2Cl)s1)C3=O. The van der Waals surface area contributed by atoms with Gasteiger partial charge < -0.3 is 9.32 Å². The summed E-state index contributed by atoms with van der Waals surface area (Å²) in [6.07, 6.45) is 0. The Morgan fingerprint density at radius 2 is 1.70 bits per heavy atom. The van der Waals surface area contributed by atoms with Crippen LogP contribution in [0.3, 0.4) is 0 Å². The van der Waals surface area contributed by atoms with Gasteiger partial charge in [0.15, 0.2) is 15.3 Å². The number of aromatic nitrogens is 2. The summed E-state index contributed by atoms with van der Waals surface area (Å²) in [5.41, 5.74) is 1.60. The first-order chi connectivity index (χ1) is 22.8. The molecule has 0 radical (unpaired) electrons. The van der Waals surface area contributed by atoms with Crippen LogP contribution in [0.1, 0.15) is 38.4 Å². The monoisotopic (exact) mass is 696 g/mol. The molecule has 0 saturated carbocycles. The van der Waals surface area contributed by atoms with E-state index in [1.807, 2.05) is 61.5 Å². The number of aryl methyl sites for hydroxylation is 1. The second-order valence-electron chi connectivity index (χ2n) is 11.3. The molecule has 0 bridgehead atoms. The van der Waals surface area contributed by atoms with E-state index < -0.39 is 22.8 Å². The minimum absolute atomic E-state index is 0.0223. The second-order valence-corrected chi connectivity index (χ2v) is 14.3. The molecule has 0 N–H and O–H groups in total. The van der Waals surface area contributed by atoms with E-state index in [0.29, 0.717) is 31.4 Å². The minimum Gasteiger partial charge on any atom is -0.450 e. The van der Waals surface area contributed by atoms with Crippen LogP contribution in [0, 0.1) is 6.92 Å². The maximum atomic E-state index is 15.1. The average molecular weight is 698 g/mol. The molecule has 47 heavy (non-hydrogen) atoms. The van der Waals surface area contributed by atoms with E-state index in [1.54, 1.807) is 41.3 Å². The van der Waals surface area contributed by atoms with Gasteiger partial charge in [-0.2, -0.15) is 0 Å². The van der Waals surface area contributed by atoms with Gasteiger partial charge in [-0.05, 0) is 48.4 Å². The lowest BCUT2D eigenvalue weighted by molar-refractivity contribution is -0.121. The van der Waals surface area contributed by atoms with Crippen LogP contribution in [0.5, 0.6) is 0 Å². The molecule has 8 rings (SSSR count). The van der Waals surface area contributed by atoms with Crippen LogP contribution >= 0.6 is 46.3 Å². The number of nitrogens with zero attached hydrogens (tertiary/aromatic N) is 4. The highest BCUT2D eigenvalue weighted by Crippen LogP contribution is 2.55. The molecule has 232 valence electrons. The van der Waals surface area contributed by atoms with Gasteiger partial charge in [-0.3, -0.25) is 19.3 Å². The predicted octanol–water partition coefficient (Wildman–Crippen LogP) is 8.00. The fraction of sp³-hybridized carbons (Fsp3) is 0.114. The van der Waals surface area contributed by atoms with Crippen molar-refractivity contribution in [3.63, 3.8) is 0 Å². The first-order valence-electron chi connectivity index (χ1n) is 14.6. The summed E-state index contributed by atoms with van der Waals surface area (Å²) in [5, 5.41) is 10.3. The number of hydrogen-bond donors (Lipinski definition) is 0. The van der Waals surface area contributed by atoms with Crippen molar-refractivity contribution >= 4 is 79.9 Å². The average Bonchev–Trinajstić information content (AvgIpc) is 3.70. The third-order valence-corrected chi connectivity index (χ3v) is 11.1. The molecule has 0 aliphatic carbocycles. The van der Waals surface area contributed by atoms with Gasteiger partial charge >= 0.3 is 0 Å². The summed E-state index contributed by atoms with van der Waals surface area (Å²) >= 11 is 15.0. The molecule has 2 aliphatic rings. The molecule has 2 aromatic heterocycles. The van der Waals surface area contributed by atoms with E-state index in [0.717, 1.165) is 28.0 Å². The van der Waals surface area contributed by atoms with Crippen molar-refractivity contribution in [2.24, 2.45) is 0 Å². The van der Waals surface area contributed by atoms with E-state index in [1.165, 1.54) is 16.7 Å². The summed E-state index contributed by atoms with van der Waals surface area (Å²) in [6, 6.07) is 27.3. The Morgan fingerprint density at radius 1 is 0.915 bits per heavy atom. The molecular formula is C35H22Cl2N4O4S2. The minimum atomic E-state index is -1.86. The first-order valence-corrected chi connectivity index (χ1v) is 17.1. The highest BCUT2D eigenvalue weighted by atomic mass is 35.5. The lowest BCUT2D eigenvalue weighted by Crippen LogP contribution is -2.53. The van der Waals surface area contributed by atoms with E-state index in [9.17, 15) is 9.59 Å². The van der Waals surface area contributed by atoms with Gasteiger partial charge in [0.05, 0.1) is 23.2 Å². The fourth-order valence-corrected chi connectivity index (χ4v) is 8.78. The standard InChI is InChI=1S/C35H22Cl2N4O4S2/c1-19-11-14-27-23(15-19)29(42)28-30(45-27)31(43)41(33-38-39-34(47-33)46-18-21-12-13-22(36)16-25(21)37)35(28)24-9-5-6-10-26(24)40(32(35)44)17-20-7-3-2-4-8-20/h2-16H,17-18H2,1H3. The Hall–Kier alpha value is -4.48. The quantitative estimate of drug-likeness (QED) is 0.129. The normalized spacial score (nSPS) is 16.8. The van der Waals surface area contributed by atoms with Crippen LogP contribution in [-0.2, 0) is 22.6 Å². The lowest BCUT2D eigenvalue weighted by atomic mass is 9.84. The molecule has 4 aromatic carbocycles. The number of anilines is 2. The molecule has 4 heterocycles. The van der Waals surface area contributed by atoms with Crippen molar-refractivity contribution in [3.05, 3.63) is 145 Å². The van der Waals surface area contributed by atoms with Gasteiger partial charge in [-0.25, -0.2) is 0 Å². The zero-order chi connectivity index (χ0) is 32.4. The first kappa shape index (κ1) is 29.9. The highest BCUT2D eigenvalue weighted by Gasteiger charge is 2.66. The van der Waals surface area contributed by atoms with Crippen molar-refractivity contribution in [3.8, 4) is 0 Å². The molecule has 6 aromatic rings. The van der Waals surface area contributed by atoms with Crippen LogP contribution in [-0.4, -0.2) is 22.0 Å². The van der Waals surface area contributed by atoms with Crippen molar-refractivity contribution < 1.29 is 14.0 Å². The van der Waals surface area contributed by atoms with Crippen molar-refractivity contribution in [1.29, 1.82) is 0 Å². The molecule has 1 unspecified atom stereocenters. The zero-order valence-electron chi connectivity index (χ0n) is 24.6. The second kappa shape index (κ2) is 11.3. The van der Waals surface area contributed by atoms with Crippen LogP contribution in [0.15, 0.2) is 105 Å². The summed E-state index contributed by atoms with van der Waals surface area (Å²) in [5.74, 6) is -0.807. The number of amides is 2. The van der Waals surface area contributed by atoms with E-state index in [2.05, 4.69) is 10.2 Å². The Bertz CT molecular complexity index is 2330. The molecule has 2 aliphatic heterocycles. The lowest BCUT2D eigenvalue weighted by Gasteiger charge is -2.32. The molecule has 8 nitrogen and oxygen atoms in total. The number of hydrogen-bond acceptors (Lipinski definition) is 8. The Morgan fingerprint density at radius 3 is 2.51 bits per heavy atom. The molecule has 1 spiro atoms. The molecular weight excluding hydrogens is 675 g/mol. The molecule has 12 heteroatoms. The number of thioether (sulfide) groups is 1. The van der Waals surface area contributed by atoms with Gasteiger partial charge in [-0.1, -0.05) is 113 Å². The number of carbonyl (C=O) groups is 2. The maximum absolute atomic E-state index is 15.1. The van der Waals surface area contributed by atoms with Crippen molar-refractivity contribution in [1.82, 2.24) is 10.2 Å². The number of para-hydroxylation sites is 1. The third-order valence-electron chi connectivity index (χ3n) is 8.42. The van der Waals surface area contributed by atoms with Gasteiger partial charge in [0, 0.05) is 21.4 Å². The molecule has 2 amide bonds. The topological polar surface area (TPSA) is 96.6 Å². The number of benzene rings is 4. The summed E-state index contributed by atoms with van der Waals surface area (Å²) in [4.78, 5) is 47.1. The number of carbonyl (C=O) groups excluding carboxylic acids is 2. The van der Waals surface area contributed by atoms with E-state index in [4.69, 9.17) is 27.6 Å². The van der Waals surface area contributed by atoms with Crippen LogP contribution in [0.25, 0.3) is 11.0 Å². The van der Waals surface area contributed by atoms with Gasteiger partial charge in [0.25, 0.3) is 11.8 Å². The van der Waals surface area contributed by atoms with Gasteiger partial charge in [-0.15, -0.1) is 10.2 Å². The number of halogens is 2. The maximum Gasteiger partial charge on any atom is 0.297 e. The Balaban J connectivity index is 1.31. The largest absolute Gasteiger partial charge is 0.450 e. The third kappa shape index (κ3) is 4.62. The summed E-state index contributed by atoms with van der Waals surface area (Å²) in [7, 11) is 0. The Kier molecular flexibility index (Phi) is 7.21. The van der Waals surface area contributed by atoms with Crippen LogP contribution in [0.2, 0.25) is 10.0 Å².